The maximum absolute atomic E-state index is 7.54. The van der Waals surface area contributed by atoms with Crippen molar-refractivity contribution in [3.63, 3.8) is 0 Å². The van der Waals surface area contributed by atoms with E-state index in [9.17, 15) is 0 Å². The van der Waals surface area contributed by atoms with Gasteiger partial charge in [-0.1, -0.05) is 382 Å². The summed E-state index contributed by atoms with van der Waals surface area (Å²) in [5.41, 5.74) is 26.9. The lowest BCUT2D eigenvalue weighted by Gasteiger charge is -2.12. The van der Waals surface area contributed by atoms with Crippen LogP contribution in [-0.4, -0.2) is 53.6 Å². The minimum atomic E-state index is 0.583. The van der Waals surface area contributed by atoms with E-state index in [1.807, 2.05) is 156 Å². The monoisotopic (exact) mass is 1900 g/mol. The molecule has 0 aliphatic rings. The summed E-state index contributed by atoms with van der Waals surface area (Å²) in [6.45, 7) is 7.54. The van der Waals surface area contributed by atoms with Crippen LogP contribution in [0.2, 0.25) is 0 Å². The normalized spacial score (nSPS) is 11.6. The number of benzene rings is 20. The molecule has 0 saturated carbocycles. The lowest BCUT2D eigenvalue weighted by Crippen LogP contribution is -2.01. The Morgan fingerprint density at radius 1 is 0.199 bits per heavy atom. The second kappa shape index (κ2) is 36.4. The average Bonchev–Trinajstić information content (AvgIpc) is 1.57. The standard InChI is InChI=1S/C45H28N4O.C45H28N4S.C41H24N4S/c2*1-3-13-29(14-4-1)31-17-11-18-32(27-31)44-46-43(30-15-5-2-6-16-30)47-45(48-44)33-19-12-20-34(28-33)49-39-23-9-7-21-35(39)37-25-26-38-36-22-8-10-24-40(36)50-42(38)41(37)49;1-42-29-15-9-13-27(23-29)36-25-35(26-11-3-2-4-12-26)43-41(44-36)28-14-10-16-30(24-28)45-37-19-7-5-17-31(37)33-21-22-34-32-18-6-8-20-38(32)46-40(34)39(33)45/h2*1-28H;2-25H. The second-order valence-corrected chi connectivity index (χ2v) is 38.4. The first kappa shape index (κ1) is 85.8. The number of furan rings is 1. The summed E-state index contributed by atoms with van der Waals surface area (Å²) in [4.78, 5) is 44.2. The molecule has 0 spiro atoms. The average molecular weight is 1900 g/mol. The fourth-order valence-corrected chi connectivity index (χ4v) is 23.2. The van der Waals surface area contributed by atoms with E-state index in [-0.39, 0.29) is 0 Å². The van der Waals surface area contributed by atoms with Crippen molar-refractivity contribution in [1.82, 2.24) is 53.6 Å². The van der Waals surface area contributed by atoms with E-state index in [1.54, 1.807) is 0 Å². The van der Waals surface area contributed by atoms with Crippen LogP contribution in [0.3, 0.4) is 0 Å². The minimum Gasteiger partial charge on any atom is -0.454 e. The summed E-state index contributed by atoms with van der Waals surface area (Å²) in [5, 5.41) is 14.6. The summed E-state index contributed by atoms with van der Waals surface area (Å²) < 4.78 is 18.9. The van der Waals surface area contributed by atoms with Crippen LogP contribution in [0.1, 0.15) is 0 Å². The third-order valence-corrected chi connectivity index (χ3v) is 29.9. The molecular weight excluding hydrogens is 1820 g/mol. The van der Waals surface area contributed by atoms with Crippen molar-refractivity contribution in [3.05, 3.63) is 497 Å². The third kappa shape index (κ3) is 15.4. The van der Waals surface area contributed by atoms with Gasteiger partial charge in [0.05, 0.1) is 60.5 Å². The lowest BCUT2D eigenvalue weighted by atomic mass is 10.0. The molecular formula is C131H80N12OS2. The molecule has 15 heteroatoms. The van der Waals surface area contributed by atoms with Crippen molar-refractivity contribution in [1.29, 1.82) is 0 Å². The SMILES string of the molecule is [C-]#[N+]c1cccc(-c2cc(-c3ccccc3)nc(-c3cccc(-n4c5ccccc5c5ccc6c7ccccc7sc6c54)c3)n2)c1.c1ccc(-c2cccc(-c3nc(-c4ccccc4)nc(-c4cccc(-n5c6ccccc6c6ccc7c8ccccc8oc7c65)c4)n3)c2)cc1.c1ccc(-c2cccc(-c3nc(-c4ccccc4)nc(-c4cccc(-n5c6ccccc6c6ccc7c8ccccc8sc7c65)c4)n3)c2)cc1. The molecule has 0 saturated heterocycles. The molecule has 0 fully saturated rings. The molecule has 29 aromatic rings. The van der Waals surface area contributed by atoms with E-state index < -0.39 is 0 Å². The number of fused-ring (bicyclic) bond motifs is 21. The van der Waals surface area contributed by atoms with Gasteiger partial charge in [0.15, 0.2) is 52.0 Å². The number of hydrogen-bond acceptors (Lipinski definition) is 11. The smallest absolute Gasteiger partial charge is 0.187 e. The zero-order valence-electron chi connectivity index (χ0n) is 78.3. The Labute approximate surface area is 846 Å². The highest BCUT2D eigenvalue weighted by molar-refractivity contribution is 7.27. The van der Waals surface area contributed by atoms with Crippen LogP contribution in [0.25, 0.3) is 274 Å². The highest BCUT2D eigenvalue weighted by Crippen LogP contribution is 2.48. The van der Waals surface area contributed by atoms with E-state index in [0.717, 1.165) is 145 Å². The van der Waals surface area contributed by atoms with Crippen molar-refractivity contribution in [3.8, 4) is 142 Å². The lowest BCUT2D eigenvalue weighted by molar-refractivity contribution is 0.671. The molecule has 9 aromatic heterocycles. The molecule has 0 aliphatic carbocycles. The highest BCUT2D eigenvalue weighted by Gasteiger charge is 2.26. The molecule has 0 unspecified atom stereocenters. The van der Waals surface area contributed by atoms with Gasteiger partial charge in [0.2, 0.25) is 0 Å². The molecule has 20 aromatic carbocycles. The Bertz CT molecular complexity index is 9850. The molecule has 0 bridgehead atoms. The highest BCUT2D eigenvalue weighted by atomic mass is 32.1. The molecule has 146 heavy (non-hydrogen) atoms. The number of thiophene rings is 2. The molecule has 9 heterocycles. The van der Waals surface area contributed by atoms with Gasteiger partial charge in [-0.25, -0.2) is 44.7 Å². The number of nitrogens with zero attached hydrogens (tertiary/aromatic N) is 12. The van der Waals surface area contributed by atoms with Crippen LogP contribution in [-0.2, 0) is 0 Å². The first-order valence-electron chi connectivity index (χ1n) is 48.5. The van der Waals surface area contributed by atoms with Gasteiger partial charge in [0.25, 0.3) is 0 Å². The van der Waals surface area contributed by atoms with Crippen LogP contribution in [0.4, 0.5) is 5.69 Å². The Hall–Kier alpha value is -19.4. The minimum absolute atomic E-state index is 0.583. The van der Waals surface area contributed by atoms with Gasteiger partial charge < -0.3 is 18.1 Å². The quantitative estimate of drug-likeness (QED) is 0.0975. The molecule has 13 nitrogen and oxygen atoms in total. The van der Waals surface area contributed by atoms with Crippen molar-refractivity contribution < 1.29 is 4.42 Å². The van der Waals surface area contributed by atoms with E-state index in [4.69, 9.17) is 50.9 Å². The maximum atomic E-state index is 7.54. The van der Waals surface area contributed by atoms with Crippen molar-refractivity contribution in [2.75, 3.05) is 0 Å². The fourth-order valence-electron chi connectivity index (χ4n) is 20.7. The Balaban J connectivity index is 0.000000109. The van der Waals surface area contributed by atoms with E-state index in [0.29, 0.717) is 46.5 Å². The largest absolute Gasteiger partial charge is 0.454 e. The summed E-state index contributed by atoms with van der Waals surface area (Å²) in [6.07, 6.45) is 0. The van der Waals surface area contributed by atoms with E-state index in [2.05, 4.69) is 370 Å². The van der Waals surface area contributed by atoms with Crippen LogP contribution in [0, 0.1) is 6.57 Å². The number of aromatic nitrogens is 11. The van der Waals surface area contributed by atoms with E-state index >= 15 is 0 Å². The van der Waals surface area contributed by atoms with Crippen LogP contribution >= 0.6 is 22.7 Å². The van der Waals surface area contributed by atoms with Gasteiger partial charge in [-0.05, 0) is 131 Å². The van der Waals surface area contributed by atoms with Gasteiger partial charge in [-0.2, -0.15) is 0 Å². The predicted molar refractivity (Wildman–Crippen MR) is 604 cm³/mol. The maximum Gasteiger partial charge on any atom is 0.187 e. The molecule has 29 rings (SSSR count). The zero-order valence-corrected chi connectivity index (χ0v) is 79.9. The van der Waals surface area contributed by atoms with Crippen LogP contribution < -0.4 is 0 Å². The summed E-state index contributed by atoms with van der Waals surface area (Å²) >= 11 is 3.71. The summed E-state index contributed by atoms with van der Waals surface area (Å²) in [6, 6.07) is 168. The molecule has 0 aliphatic heterocycles. The predicted octanol–water partition coefficient (Wildman–Crippen LogP) is 35.0. The Morgan fingerprint density at radius 2 is 0.500 bits per heavy atom. The first-order valence-corrected chi connectivity index (χ1v) is 50.2. The van der Waals surface area contributed by atoms with E-state index in [1.165, 1.54) is 83.8 Å². The molecule has 0 amide bonds. The number of hydrogen-bond donors (Lipinski definition) is 0. The third-order valence-electron chi connectivity index (χ3n) is 27.5. The molecule has 0 atom stereocenters. The Kier molecular flexibility index (Phi) is 21.4. The van der Waals surface area contributed by atoms with Crippen LogP contribution in [0.15, 0.2) is 490 Å². The summed E-state index contributed by atoms with van der Waals surface area (Å²) in [5.74, 6) is 4.41. The van der Waals surface area contributed by atoms with Gasteiger partial charge in [0.1, 0.15) is 5.58 Å². The van der Waals surface area contributed by atoms with Crippen molar-refractivity contribution >= 4 is 156 Å². The van der Waals surface area contributed by atoms with Crippen LogP contribution in [0.5, 0.6) is 0 Å². The van der Waals surface area contributed by atoms with Crippen molar-refractivity contribution in [2.45, 2.75) is 0 Å². The summed E-state index contributed by atoms with van der Waals surface area (Å²) in [7, 11) is 0. The fraction of sp³-hybridized carbons (Fsp3) is 0. The van der Waals surface area contributed by atoms with Crippen molar-refractivity contribution in [2.24, 2.45) is 0 Å². The van der Waals surface area contributed by atoms with Gasteiger partial charge in [-0.3, -0.25) is 0 Å². The van der Waals surface area contributed by atoms with Gasteiger partial charge in [0, 0.05) is 136 Å². The first-order chi connectivity index (χ1) is 72.3. The zero-order chi connectivity index (χ0) is 96.7. The van der Waals surface area contributed by atoms with Gasteiger partial charge >= 0.3 is 0 Å². The molecule has 0 N–H and O–H groups in total. The second-order valence-electron chi connectivity index (χ2n) is 36.2. The number of para-hydroxylation sites is 4. The molecule has 0 radical (unpaired) electrons. The number of rotatable bonds is 14. The topological polar surface area (TPSA) is 135 Å². The van der Waals surface area contributed by atoms with Gasteiger partial charge in [-0.15, -0.1) is 22.7 Å². The Morgan fingerprint density at radius 3 is 0.938 bits per heavy atom. The molecule has 682 valence electrons.